The number of aryl methyl sites for hydroxylation is 1. The maximum absolute atomic E-state index is 12.4. The number of urea groups is 1. The minimum Gasteiger partial charge on any atom is -0.321 e. The monoisotopic (exact) mass is 340 g/mol. The van der Waals surface area contributed by atoms with E-state index in [9.17, 15) is 9.00 Å². The fraction of sp³-hybridized carbons (Fsp3) is 0.562. The lowest BCUT2D eigenvalue weighted by molar-refractivity contribution is 0.197. The molecule has 0 unspecified atom stereocenters. The number of hydrogen-bond donors (Lipinski definition) is 1. The third kappa shape index (κ3) is 5.02. The Labute approximate surface area is 139 Å². The first-order chi connectivity index (χ1) is 10.6. The second-order valence-electron chi connectivity index (χ2n) is 5.55. The summed E-state index contributed by atoms with van der Waals surface area (Å²) in [5.74, 6) is 2.37. The molecule has 4 nitrogen and oxygen atoms in total. The van der Waals surface area contributed by atoms with E-state index >= 15 is 0 Å². The van der Waals surface area contributed by atoms with Crippen LogP contribution in [-0.2, 0) is 17.2 Å². The molecule has 0 radical (unpaired) electrons. The maximum Gasteiger partial charge on any atom is 0.322 e. The molecule has 1 aliphatic rings. The molecule has 2 amide bonds. The van der Waals surface area contributed by atoms with E-state index in [0.717, 1.165) is 24.3 Å². The van der Waals surface area contributed by atoms with E-state index in [1.165, 1.54) is 5.56 Å². The molecular formula is C16H24N2O2S2. The van der Waals surface area contributed by atoms with Gasteiger partial charge in [0, 0.05) is 40.6 Å². The van der Waals surface area contributed by atoms with Crippen LogP contribution in [0.3, 0.4) is 0 Å². The zero-order valence-electron chi connectivity index (χ0n) is 13.2. The lowest BCUT2D eigenvalue weighted by Gasteiger charge is -2.26. The molecule has 0 aliphatic carbocycles. The Morgan fingerprint density at radius 1 is 1.36 bits per heavy atom. The van der Waals surface area contributed by atoms with Crippen LogP contribution in [0.15, 0.2) is 24.3 Å². The quantitative estimate of drug-likeness (QED) is 0.917. The summed E-state index contributed by atoms with van der Waals surface area (Å²) in [5, 5.41) is 2.95. The van der Waals surface area contributed by atoms with Crippen LogP contribution in [0.4, 0.5) is 10.5 Å². The third-order valence-corrected chi connectivity index (χ3v) is 5.86. The van der Waals surface area contributed by atoms with Gasteiger partial charge < -0.3 is 10.2 Å². The maximum atomic E-state index is 12.4. The first-order valence-electron chi connectivity index (χ1n) is 7.60. The average molecular weight is 341 g/mol. The van der Waals surface area contributed by atoms with Crippen molar-refractivity contribution in [2.24, 2.45) is 0 Å². The molecule has 22 heavy (non-hydrogen) atoms. The highest BCUT2D eigenvalue weighted by molar-refractivity contribution is 7.98. The van der Waals surface area contributed by atoms with Crippen molar-refractivity contribution in [3.63, 3.8) is 0 Å². The number of benzene rings is 1. The zero-order chi connectivity index (χ0) is 15.9. The molecule has 122 valence electrons. The summed E-state index contributed by atoms with van der Waals surface area (Å²) in [4.78, 5) is 14.2. The molecule has 0 saturated carbocycles. The number of carbonyl (C=O) groups is 1. The Morgan fingerprint density at radius 3 is 2.77 bits per heavy atom. The van der Waals surface area contributed by atoms with Gasteiger partial charge in [-0.15, -0.1) is 0 Å². The van der Waals surface area contributed by atoms with E-state index in [1.807, 2.05) is 30.8 Å². The number of anilines is 1. The van der Waals surface area contributed by atoms with Gasteiger partial charge in [0.2, 0.25) is 0 Å². The molecule has 0 aromatic heterocycles. The summed E-state index contributed by atoms with van der Waals surface area (Å²) in [6, 6.07) is 8.07. The number of nitrogens with one attached hydrogen (secondary N) is 1. The predicted molar refractivity (Wildman–Crippen MR) is 96.2 cm³/mol. The van der Waals surface area contributed by atoms with E-state index in [0.29, 0.717) is 18.1 Å². The second kappa shape index (κ2) is 8.58. The van der Waals surface area contributed by atoms with Gasteiger partial charge in [-0.2, -0.15) is 11.8 Å². The second-order valence-corrected chi connectivity index (χ2v) is 8.23. The largest absolute Gasteiger partial charge is 0.322 e. The molecule has 6 heteroatoms. The van der Waals surface area contributed by atoms with E-state index in [-0.39, 0.29) is 12.1 Å². The molecule has 1 aliphatic heterocycles. The highest BCUT2D eigenvalue weighted by Crippen LogP contribution is 2.15. The highest BCUT2D eigenvalue weighted by Gasteiger charge is 2.24. The van der Waals surface area contributed by atoms with Crippen molar-refractivity contribution in [2.75, 3.05) is 35.4 Å². The number of carbonyl (C=O) groups excluding carboxylic acids is 1. The summed E-state index contributed by atoms with van der Waals surface area (Å²) in [6.07, 6.45) is 3.95. The fourth-order valence-electron chi connectivity index (χ4n) is 2.45. The molecule has 2 rings (SSSR count). The summed E-state index contributed by atoms with van der Waals surface area (Å²) >= 11 is 1.83. The summed E-state index contributed by atoms with van der Waals surface area (Å²) in [7, 11) is -0.792. The highest BCUT2D eigenvalue weighted by atomic mass is 32.2. The Balaban J connectivity index is 1.94. The van der Waals surface area contributed by atoms with Crippen LogP contribution in [0.1, 0.15) is 18.9 Å². The summed E-state index contributed by atoms with van der Waals surface area (Å²) in [6.45, 7) is 2.58. The molecule has 1 saturated heterocycles. The number of amides is 2. The summed E-state index contributed by atoms with van der Waals surface area (Å²) < 4.78 is 11.6. The standard InChI is InChI=1S/C16H24N2O2S2/c1-13-8-11-22(20)12-9-18(13)16(19)17-15-5-3-14(4-6-15)7-10-21-2/h3-6,13H,7-12H2,1-2H3,(H,17,19)/t13-,22-/m1/s1. The van der Waals surface area contributed by atoms with Crippen molar-refractivity contribution in [1.82, 2.24) is 4.90 Å². The lowest BCUT2D eigenvalue weighted by Crippen LogP contribution is -2.42. The average Bonchev–Trinajstić information content (AvgIpc) is 2.68. The number of hydrogen-bond acceptors (Lipinski definition) is 3. The third-order valence-electron chi connectivity index (χ3n) is 3.92. The molecule has 1 N–H and O–H groups in total. The van der Waals surface area contributed by atoms with Crippen molar-refractivity contribution >= 4 is 34.3 Å². The molecule has 0 bridgehead atoms. The molecule has 2 atom stereocenters. The minimum absolute atomic E-state index is 0.0942. The van der Waals surface area contributed by atoms with E-state index < -0.39 is 10.8 Å². The molecule has 1 aromatic rings. The van der Waals surface area contributed by atoms with Gasteiger partial charge in [-0.1, -0.05) is 12.1 Å². The predicted octanol–water partition coefficient (Wildman–Crippen LogP) is 2.97. The zero-order valence-corrected chi connectivity index (χ0v) is 14.8. The Hall–Kier alpha value is -1.01. The molecule has 1 aromatic carbocycles. The van der Waals surface area contributed by atoms with Crippen LogP contribution >= 0.6 is 11.8 Å². The van der Waals surface area contributed by atoms with Crippen LogP contribution in [0.2, 0.25) is 0 Å². The van der Waals surface area contributed by atoms with Crippen LogP contribution in [0.5, 0.6) is 0 Å². The van der Waals surface area contributed by atoms with Gasteiger partial charge in [0.25, 0.3) is 0 Å². The van der Waals surface area contributed by atoms with Crippen LogP contribution < -0.4 is 5.32 Å². The van der Waals surface area contributed by atoms with Crippen LogP contribution in [0.25, 0.3) is 0 Å². The molecule has 1 heterocycles. The Morgan fingerprint density at radius 2 is 2.09 bits per heavy atom. The van der Waals surface area contributed by atoms with Gasteiger partial charge in [-0.05, 0) is 49.5 Å². The van der Waals surface area contributed by atoms with Gasteiger partial charge in [0.1, 0.15) is 0 Å². The van der Waals surface area contributed by atoms with Gasteiger partial charge >= 0.3 is 6.03 Å². The minimum atomic E-state index is -0.792. The summed E-state index contributed by atoms with van der Waals surface area (Å²) in [5.41, 5.74) is 2.10. The first kappa shape index (κ1) is 17.3. The number of nitrogens with zero attached hydrogens (tertiary/aromatic N) is 1. The first-order valence-corrected chi connectivity index (χ1v) is 10.5. The SMILES string of the molecule is CSCCc1ccc(NC(=O)N2CC[S@](=O)CC[C@H]2C)cc1. The van der Waals surface area contributed by atoms with Crippen molar-refractivity contribution in [1.29, 1.82) is 0 Å². The number of rotatable bonds is 4. The van der Waals surface area contributed by atoms with Gasteiger partial charge in [0.15, 0.2) is 0 Å². The van der Waals surface area contributed by atoms with Crippen LogP contribution in [-0.4, -0.2) is 51.2 Å². The van der Waals surface area contributed by atoms with E-state index in [2.05, 4.69) is 23.7 Å². The fourth-order valence-corrected chi connectivity index (χ4v) is 4.10. The lowest BCUT2D eigenvalue weighted by atomic mass is 10.1. The Kier molecular flexibility index (Phi) is 6.76. The van der Waals surface area contributed by atoms with Crippen molar-refractivity contribution in [3.8, 4) is 0 Å². The normalized spacial score (nSPS) is 22.2. The van der Waals surface area contributed by atoms with E-state index in [1.54, 1.807) is 4.90 Å². The van der Waals surface area contributed by atoms with Crippen molar-refractivity contribution in [3.05, 3.63) is 29.8 Å². The molecular weight excluding hydrogens is 316 g/mol. The Bertz CT molecular complexity index is 519. The van der Waals surface area contributed by atoms with Gasteiger partial charge in [0.05, 0.1) is 0 Å². The molecule has 0 spiro atoms. The van der Waals surface area contributed by atoms with Crippen molar-refractivity contribution < 1.29 is 9.00 Å². The van der Waals surface area contributed by atoms with Crippen molar-refractivity contribution in [2.45, 2.75) is 25.8 Å². The van der Waals surface area contributed by atoms with E-state index in [4.69, 9.17) is 0 Å². The molecule has 1 fully saturated rings. The smallest absolute Gasteiger partial charge is 0.321 e. The topological polar surface area (TPSA) is 49.4 Å². The van der Waals surface area contributed by atoms with Crippen LogP contribution in [0, 0.1) is 0 Å². The number of thioether (sulfide) groups is 1. The van der Waals surface area contributed by atoms with Gasteiger partial charge in [-0.25, -0.2) is 4.79 Å². The van der Waals surface area contributed by atoms with Gasteiger partial charge in [-0.3, -0.25) is 4.21 Å².